The van der Waals surface area contributed by atoms with Gasteiger partial charge in [0, 0.05) is 18.0 Å². The van der Waals surface area contributed by atoms with E-state index in [9.17, 15) is 0 Å². The van der Waals surface area contributed by atoms with Crippen LogP contribution in [0.25, 0.3) is 0 Å². The highest BCUT2D eigenvalue weighted by Gasteiger charge is 2.36. The molecule has 1 fully saturated rings. The van der Waals surface area contributed by atoms with Crippen LogP contribution < -0.4 is 0 Å². The minimum Gasteiger partial charge on any atom is -0.344 e. The lowest BCUT2D eigenvalue weighted by molar-refractivity contribution is -0.150. The molecule has 1 aromatic heterocycles. The van der Waals surface area contributed by atoms with Crippen molar-refractivity contribution in [3.63, 3.8) is 0 Å². The van der Waals surface area contributed by atoms with Gasteiger partial charge in [-0.15, -0.1) is 0 Å². The fraction of sp³-hybridized carbons (Fsp3) is 0.500. The minimum absolute atomic E-state index is 0.0765. The molecule has 2 heterocycles. The molecule has 0 unspecified atom stereocenters. The van der Waals surface area contributed by atoms with Gasteiger partial charge in [-0.2, -0.15) is 0 Å². The molecule has 82 valence electrons. The van der Waals surface area contributed by atoms with Crippen molar-refractivity contribution in [3.8, 4) is 0 Å². The summed E-state index contributed by atoms with van der Waals surface area (Å²) < 4.78 is 11.3. The highest BCUT2D eigenvalue weighted by molar-refractivity contribution is 9.24. The van der Waals surface area contributed by atoms with Crippen LogP contribution in [0, 0.1) is 0 Å². The fourth-order valence-corrected chi connectivity index (χ4v) is 2.44. The molecule has 0 atom stereocenters. The molecule has 0 saturated carbocycles. The molecule has 1 saturated heterocycles. The Hall–Kier alpha value is 0.0300. The van der Waals surface area contributed by atoms with Crippen molar-refractivity contribution < 1.29 is 9.47 Å². The molecule has 0 radical (unpaired) electrons. The first-order valence-corrected chi connectivity index (χ1v) is 6.47. The maximum absolute atomic E-state index is 5.61. The number of ether oxygens (including phenoxy) is 2. The molecular formula is C10H11Br2NO2. The molecular weight excluding hydrogens is 326 g/mol. The average molecular weight is 337 g/mol. The minimum atomic E-state index is -0.663. The lowest BCUT2D eigenvalue weighted by Crippen LogP contribution is -2.24. The third-order valence-corrected chi connectivity index (χ3v) is 3.40. The average Bonchev–Trinajstić information content (AvgIpc) is 2.66. The van der Waals surface area contributed by atoms with E-state index in [4.69, 9.17) is 9.47 Å². The summed E-state index contributed by atoms with van der Waals surface area (Å²) >= 11 is 6.96. The Labute approximate surface area is 105 Å². The largest absolute Gasteiger partial charge is 0.344 e. The molecule has 5 heteroatoms. The number of aromatic nitrogens is 1. The molecule has 0 aromatic carbocycles. The van der Waals surface area contributed by atoms with Gasteiger partial charge in [0.25, 0.3) is 0 Å². The number of pyridine rings is 1. The molecule has 0 aliphatic carbocycles. The molecule has 15 heavy (non-hydrogen) atoms. The van der Waals surface area contributed by atoms with Crippen molar-refractivity contribution in [1.82, 2.24) is 4.98 Å². The molecule has 2 rings (SSSR count). The zero-order valence-electron chi connectivity index (χ0n) is 8.24. The van der Waals surface area contributed by atoms with Gasteiger partial charge in [0.05, 0.1) is 17.0 Å². The normalized spacial score (nSPS) is 19.7. The lowest BCUT2D eigenvalue weighted by Gasteiger charge is -2.25. The van der Waals surface area contributed by atoms with Crippen molar-refractivity contribution in [2.75, 3.05) is 13.2 Å². The first-order chi connectivity index (χ1) is 7.13. The number of halogens is 2. The van der Waals surface area contributed by atoms with E-state index in [1.807, 2.05) is 13.0 Å². The topological polar surface area (TPSA) is 31.4 Å². The molecule has 1 aliphatic heterocycles. The van der Waals surface area contributed by atoms with E-state index in [0.717, 1.165) is 11.1 Å². The second kappa shape index (κ2) is 4.49. The van der Waals surface area contributed by atoms with Crippen molar-refractivity contribution >= 4 is 31.9 Å². The smallest absolute Gasteiger partial charge is 0.193 e. The van der Waals surface area contributed by atoms with Crippen molar-refractivity contribution in [1.29, 1.82) is 0 Å². The quantitative estimate of drug-likeness (QED) is 0.778. The van der Waals surface area contributed by atoms with Crippen LogP contribution in [0.3, 0.4) is 0 Å². The van der Waals surface area contributed by atoms with Gasteiger partial charge in [-0.3, -0.25) is 4.98 Å². The predicted octanol–water partition coefficient (Wildman–Crippen LogP) is 3.09. The Bertz CT molecular complexity index is 351. The van der Waals surface area contributed by atoms with Crippen LogP contribution in [-0.4, -0.2) is 18.2 Å². The van der Waals surface area contributed by atoms with E-state index >= 15 is 0 Å². The van der Waals surface area contributed by atoms with Gasteiger partial charge in [-0.1, -0.05) is 31.9 Å². The first-order valence-electron chi connectivity index (χ1n) is 4.64. The third kappa shape index (κ3) is 2.25. The van der Waals surface area contributed by atoms with Gasteiger partial charge < -0.3 is 9.47 Å². The Morgan fingerprint density at radius 1 is 1.40 bits per heavy atom. The number of hydrogen-bond acceptors (Lipinski definition) is 3. The summed E-state index contributed by atoms with van der Waals surface area (Å²) in [6.07, 6.45) is 3.54. The fourth-order valence-electron chi connectivity index (χ4n) is 1.64. The summed E-state index contributed by atoms with van der Waals surface area (Å²) in [5.41, 5.74) is 2.04. The monoisotopic (exact) mass is 335 g/mol. The van der Waals surface area contributed by atoms with Crippen molar-refractivity contribution in [3.05, 3.63) is 29.6 Å². The van der Waals surface area contributed by atoms with E-state index in [1.165, 1.54) is 0 Å². The summed E-state index contributed by atoms with van der Waals surface area (Å²) in [5, 5.41) is 0. The Morgan fingerprint density at radius 3 is 2.67 bits per heavy atom. The Balaban J connectivity index is 2.42. The number of alkyl halides is 2. The second-order valence-electron chi connectivity index (χ2n) is 3.41. The standard InChI is InChI=1S/C10H11Br2NO2/c1-10(14-4-5-15-10)8-6-13-3-2-7(8)9(11)12/h2-3,6,9H,4-5H2,1H3. The van der Waals surface area contributed by atoms with E-state index in [-0.39, 0.29) is 3.74 Å². The van der Waals surface area contributed by atoms with Crippen molar-refractivity contribution in [2.24, 2.45) is 0 Å². The van der Waals surface area contributed by atoms with Crippen LogP contribution in [0.4, 0.5) is 0 Å². The van der Waals surface area contributed by atoms with E-state index in [2.05, 4.69) is 36.8 Å². The summed E-state index contributed by atoms with van der Waals surface area (Å²) in [6, 6.07) is 1.94. The maximum Gasteiger partial charge on any atom is 0.193 e. The van der Waals surface area contributed by atoms with E-state index in [1.54, 1.807) is 12.4 Å². The summed E-state index contributed by atoms with van der Waals surface area (Å²) in [4.78, 5) is 4.12. The van der Waals surface area contributed by atoms with Gasteiger partial charge in [0.15, 0.2) is 5.79 Å². The molecule has 0 amide bonds. The summed E-state index contributed by atoms with van der Waals surface area (Å²) in [7, 11) is 0. The van der Waals surface area contributed by atoms with Gasteiger partial charge in [0.2, 0.25) is 0 Å². The molecule has 1 aromatic rings. The molecule has 3 nitrogen and oxygen atoms in total. The Morgan fingerprint density at radius 2 is 2.07 bits per heavy atom. The number of nitrogens with zero attached hydrogens (tertiary/aromatic N) is 1. The van der Waals surface area contributed by atoms with Crippen LogP contribution >= 0.6 is 31.9 Å². The van der Waals surface area contributed by atoms with E-state index < -0.39 is 5.79 Å². The lowest BCUT2D eigenvalue weighted by atomic mass is 10.0. The highest BCUT2D eigenvalue weighted by Crippen LogP contribution is 2.39. The molecule has 0 N–H and O–H groups in total. The SMILES string of the molecule is CC1(c2cnccc2C(Br)Br)OCCO1. The van der Waals surface area contributed by atoms with Crippen LogP contribution in [0.1, 0.15) is 21.8 Å². The van der Waals surface area contributed by atoms with Crippen LogP contribution in [0.5, 0.6) is 0 Å². The molecule has 0 spiro atoms. The van der Waals surface area contributed by atoms with Crippen LogP contribution in [0.2, 0.25) is 0 Å². The zero-order chi connectivity index (χ0) is 10.9. The van der Waals surface area contributed by atoms with Gasteiger partial charge >= 0.3 is 0 Å². The summed E-state index contributed by atoms with van der Waals surface area (Å²) in [6.45, 7) is 3.17. The molecule has 0 bridgehead atoms. The highest BCUT2D eigenvalue weighted by atomic mass is 79.9. The molecule has 1 aliphatic rings. The Kier molecular flexibility index (Phi) is 3.45. The maximum atomic E-state index is 5.61. The van der Waals surface area contributed by atoms with Crippen LogP contribution in [0.15, 0.2) is 18.5 Å². The van der Waals surface area contributed by atoms with Gasteiger partial charge in [0.1, 0.15) is 0 Å². The van der Waals surface area contributed by atoms with Crippen molar-refractivity contribution in [2.45, 2.75) is 16.4 Å². The summed E-state index contributed by atoms with van der Waals surface area (Å²) in [5.74, 6) is -0.663. The zero-order valence-corrected chi connectivity index (χ0v) is 11.4. The number of rotatable bonds is 2. The van der Waals surface area contributed by atoms with Crippen LogP contribution in [-0.2, 0) is 15.3 Å². The first kappa shape index (κ1) is 11.5. The predicted molar refractivity (Wildman–Crippen MR) is 64.1 cm³/mol. The number of hydrogen-bond donors (Lipinski definition) is 0. The second-order valence-corrected chi connectivity index (χ2v) is 6.47. The van der Waals surface area contributed by atoms with E-state index in [0.29, 0.717) is 13.2 Å². The third-order valence-electron chi connectivity index (χ3n) is 2.42. The van der Waals surface area contributed by atoms with Gasteiger partial charge in [-0.25, -0.2) is 0 Å². The van der Waals surface area contributed by atoms with Gasteiger partial charge in [-0.05, 0) is 18.6 Å².